The number of piperidine rings is 1. The highest BCUT2D eigenvalue weighted by molar-refractivity contribution is 5.00. The lowest BCUT2D eigenvalue weighted by Crippen LogP contribution is -2.63. The Morgan fingerprint density at radius 2 is 1.78 bits per heavy atom. The summed E-state index contributed by atoms with van der Waals surface area (Å²) in [5.41, 5.74) is 0. The molecule has 0 amide bonds. The summed E-state index contributed by atoms with van der Waals surface area (Å²) in [6.07, 6.45) is 4.38. The molecule has 52 valence electrons. The van der Waals surface area contributed by atoms with Crippen LogP contribution in [0.2, 0.25) is 0 Å². The smallest absolute Gasteiger partial charge is 0.0136 e. The van der Waals surface area contributed by atoms with Gasteiger partial charge in [-0.1, -0.05) is 13.3 Å². The Balaban J connectivity index is 2.08. The minimum atomic E-state index is 0.948. The second-order valence-electron chi connectivity index (χ2n) is 3.59. The van der Waals surface area contributed by atoms with E-state index in [9.17, 15) is 0 Å². The Labute approximate surface area is 57.0 Å². The number of rotatable bonds is 0. The van der Waals surface area contributed by atoms with Crippen molar-refractivity contribution in [3.05, 3.63) is 0 Å². The topological polar surface area (TPSA) is 3.24 Å². The first-order valence-corrected chi connectivity index (χ1v) is 4.02. The van der Waals surface area contributed by atoms with E-state index in [-0.39, 0.29) is 0 Å². The van der Waals surface area contributed by atoms with Crippen LogP contribution in [0.4, 0.5) is 0 Å². The third kappa shape index (κ3) is 0.586. The predicted molar refractivity (Wildman–Crippen MR) is 38.4 cm³/mol. The van der Waals surface area contributed by atoms with Gasteiger partial charge in [0.25, 0.3) is 0 Å². The van der Waals surface area contributed by atoms with E-state index in [1.165, 1.54) is 19.3 Å². The highest BCUT2D eigenvalue weighted by Gasteiger charge is 2.45. The third-order valence-electron chi connectivity index (χ3n) is 3.26. The molecule has 1 saturated carbocycles. The molecule has 0 N–H and O–H groups in total. The first-order chi connectivity index (χ1) is 4.30. The molecular formula is C8H15N. The SMILES string of the molecule is CC1C2CCCC1N2C. The summed E-state index contributed by atoms with van der Waals surface area (Å²) in [7, 11) is 2.27. The van der Waals surface area contributed by atoms with Gasteiger partial charge in [0.1, 0.15) is 0 Å². The molecule has 2 atom stereocenters. The van der Waals surface area contributed by atoms with Crippen LogP contribution in [0.5, 0.6) is 0 Å². The van der Waals surface area contributed by atoms with E-state index >= 15 is 0 Å². The van der Waals surface area contributed by atoms with E-state index < -0.39 is 0 Å². The van der Waals surface area contributed by atoms with Crippen molar-refractivity contribution in [2.24, 2.45) is 5.92 Å². The molecule has 1 heteroatoms. The molecule has 0 spiro atoms. The number of hydrogen-bond donors (Lipinski definition) is 0. The van der Waals surface area contributed by atoms with Gasteiger partial charge in [-0.05, 0) is 25.8 Å². The highest BCUT2D eigenvalue weighted by Crippen LogP contribution is 2.41. The van der Waals surface area contributed by atoms with Crippen molar-refractivity contribution < 1.29 is 0 Å². The maximum atomic E-state index is 2.55. The van der Waals surface area contributed by atoms with Crippen LogP contribution in [0, 0.1) is 5.92 Å². The van der Waals surface area contributed by atoms with Gasteiger partial charge in [0, 0.05) is 12.1 Å². The van der Waals surface area contributed by atoms with Crippen molar-refractivity contribution in [1.29, 1.82) is 0 Å². The van der Waals surface area contributed by atoms with Gasteiger partial charge in [0.05, 0.1) is 0 Å². The zero-order chi connectivity index (χ0) is 6.43. The van der Waals surface area contributed by atoms with Crippen molar-refractivity contribution in [2.45, 2.75) is 38.3 Å². The van der Waals surface area contributed by atoms with Crippen LogP contribution in [0.1, 0.15) is 26.2 Å². The molecule has 9 heavy (non-hydrogen) atoms. The molecule has 2 aliphatic heterocycles. The summed E-state index contributed by atoms with van der Waals surface area (Å²) < 4.78 is 0. The molecule has 0 radical (unpaired) electrons. The highest BCUT2D eigenvalue weighted by atomic mass is 15.2. The average molecular weight is 125 g/mol. The molecule has 0 aromatic rings. The van der Waals surface area contributed by atoms with E-state index in [0.29, 0.717) is 0 Å². The van der Waals surface area contributed by atoms with Crippen LogP contribution in [-0.4, -0.2) is 24.0 Å². The van der Waals surface area contributed by atoms with E-state index in [1.807, 2.05) is 0 Å². The largest absolute Gasteiger partial charge is 0.300 e. The van der Waals surface area contributed by atoms with Crippen molar-refractivity contribution in [3.63, 3.8) is 0 Å². The van der Waals surface area contributed by atoms with Crippen LogP contribution in [-0.2, 0) is 0 Å². The zero-order valence-corrected chi connectivity index (χ0v) is 6.30. The second kappa shape index (κ2) is 1.72. The molecule has 2 heterocycles. The normalized spacial score (nSPS) is 50.7. The van der Waals surface area contributed by atoms with E-state index in [2.05, 4.69) is 18.9 Å². The Hall–Kier alpha value is -0.0400. The quantitative estimate of drug-likeness (QED) is 0.474. The summed E-state index contributed by atoms with van der Waals surface area (Å²) >= 11 is 0. The van der Waals surface area contributed by atoms with Gasteiger partial charge >= 0.3 is 0 Å². The van der Waals surface area contributed by atoms with Crippen LogP contribution in [0.15, 0.2) is 0 Å². The fraction of sp³-hybridized carbons (Fsp3) is 1.00. The molecule has 2 unspecified atom stereocenters. The molecule has 0 aromatic carbocycles. The van der Waals surface area contributed by atoms with E-state index in [4.69, 9.17) is 0 Å². The molecule has 0 aromatic heterocycles. The van der Waals surface area contributed by atoms with Crippen LogP contribution in [0.25, 0.3) is 0 Å². The van der Waals surface area contributed by atoms with Gasteiger partial charge in [-0.2, -0.15) is 0 Å². The predicted octanol–water partition coefficient (Wildman–Crippen LogP) is 1.49. The zero-order valence-electron chi connectivity index (χ0n) is 6.30. The Kier molecular flexibility index (Phi) is 1.10. The molecular weight excluding hydrogens is 110 g/mol. The van der Waals surface area contributed by atoms with E-state index in [1.54, 1.807) is 0 Å². The monoisotopic (exact) mass is 125 g/mol. The van der Waals surface area contributed by atoms with Crippen molar-refractivity contribution in [2.75, 3.05) is 7.05 Å². The maximum absolute atomic E-state index is 2.55. The van der Waals surface area contributed by atoms with Gasteiger partial charge in [-0.25, -0.2) is 0 Å². The van der Waals surface area contributed by atoms with E-state index in [0.717, 1.165) is 18.0 Å². The fourth-order valence-corrected chi connectivity index (χ4v) is 2.61. The Bertz CT molecular complexity index is 99.7. The molecule has 1 aliphatic carbocycles. The minimum Gasteiger partial charge on any atom is -0.300 e. The van der Waals surface area contributed by atoms with Gasteiger partial charge in [0.2, 0.25) is 0 Å². The van der Waals surface area contributed by atoms with Crippen LogP contribution >= 0.6 is 0 Å². The Morgan fingerprint density at radius 1 is 1.22 bits per heavy atom. The molecule has 3 rings (SSSR count). The molecule has 3 fully saturated rings. The lowest BCUT2D eigenvalue weighted by molar-refractivity contribution is -0.0644. The molecule has 2 bridgehead atoms. The first kappa shape index (κ1) is 5.72. The minimum absolute atomic E-state index is 0.948. The van der Waals surface area contributed by atoms with Gasteiger partial charge in [-0.15, -0.1) is 0 Å². The van der Waals surface area contributed by atoms with Crippen LogP contribution in [0.3, 0.4) is 0 Å². The standard InChI is InChI=1S/C8H15N/c1-6-7-4-3-5-8(6)9(7)2/h6-8H,3-5H2,1-2H3. The maximum Gasteiger partial charge on any atom is 0.0136 e. The first-order valence-electron chi connectivity index (χ1n) is 4.02. The Morgan fingerprint density at radius 3 is 2.00 bits per heavy atom. The summed E-state index contributed by atoms with van der Waals surface area (Å²) in [4.78, 5) is 2.55. The number of fused-ring (bicyclic) bond motifs is 2. The third-order valence-corrected chi connectivity index (χ3v) is 3.26. The lowest BCUT2D eigenvalue weighted by Gasteiger charge is -2.56. The van der Waals surface area contributed by atoms with Gasteiger partial charge in [-0.3, -0.25) is 4.90 Å². The van der Waals surface area contributed by atoms with Crippen molar-refractivity contribution >= 4 is 0 Å². The molecule has 2 saturated heterocycles. The molecule has 1 nitrogen and oxygen atoms in total. The fourth-order valence-electron chi connectivity index (χ4n) is 2.61. The van der Waals surface area contributed by atoms with Crippen LogP contribution < -0.4 is 0 Å². The molecule has 3 aliphatic rings. The van der Waals surface area contributed by atoms with Gasteiger partial charge in [0.15, 0.2) is 0 Å². The summed E-state index contributed by atoms with van der Waals surface area (Å²) in [6, 6.07) is 1.90. The second-order valence-corrected chi connectivity index (χ2v) is 3.59. The summed E-state index contributed by atoms with van der Waals surface area (Å²) in [5, 5.41) is 0. The van der Waals surface area contributed by atoms with Crippen molar-refractivity contribution in [3.8, 4) is 0 Å². The number of hydrogen-bond acceptors (Lipinski definition) is 1. The average Bonchev–Trinajstić information content (AvgIpc) is 1.91. The summed E-state index contributed by atoms with van der Waals surface area (Å²) in [5.74, 6) is 1.00. The number of nitrogens with zero attached hydrogens (tertiary/aromatic N) is 1. The lowest BCUT2D eigenvalue weighted by atomic mass is 9.72. The summed E-state index contributed by atoms with van der Waals surface area (Å²) in [6.45, 7) is 2.40. The van der Waals surface area contributed by atoms with Gasteiger partial charge < -0.3 is 0 Å². The van der Waals surface area contributed by atoms with Crippen molar-refractivity contribution in [1.82, 2.24) is 4.90 Å².